The van der Waals surface area contributed by atoms with Crippen molar-refractivity contribution in [3.8, 4) is 0 Å². The predicted molar refractivity (Wildman–Crippen MR) is 114 cm³/mol. The maximum atomic E-state index is 12.6. The Morgan fingerprint density at radius 2 is 1.61 bits per heavy atom. The third-order valence-electron chi connectivity index (χ3n) is 3.59. The Hall–Kier alpha value is -2.60. The van der Waals surface area contributed by atoms with Gasteiger partial charge in [-0.2, -0.15) is 0 Å². The average Bonchev–Trinajstić information content (AvgIpc) is 2.52. The van der Waals surface area contributed by atoms with Crippen molar-refractivity contribution in [3.63, 3.8) is 0 Å². The van der Waals surface area contributed by atoms with Crippen LogP contribution in [0.5, 0.6) is 0 Å². The number of allylic oxidation sites excluding steroid dienone is 1. The first-order valence-corrected chi connectivity index (χ1v) is 10.8. The highest BCUT2D eigenvalue weighted by Crippen LogP contribution is 2.31. The van der Waals surface area contributed by atoms with Crippen molar-refractivity contribution in [1.29, 1.82) is 0 Å². The number of para-hydroxylation sites is 1. The summed E-state index contributed by atoms with van der Waals surface area (Å²) in [5, 5.41) is 0. The lowest BCUT2D eigenvalue weighted by Gasteiger charge is -2.24. The first-order chi connectivity index (χ1) is 12.9. The van der Waals surface area contributed by atoms with E-state index >= 15 is 0 Å². The minimum Gasteiger partial charge on any atom is -0.456 e. The molecule has 0 amide bonds. The van der Waals surface area contributed by atoms with Crippen molar-refractivity contribution in [2.75, 3.05) is 10.6 Å². The number of anilines is 2. The lowest BCUT2D eigenvalue weighted by atomic mass is 10.1. The third-order valence-corrected chi connectivity index (χ3v) is 4.67. The summed E-state index contributed by atoms with van der Waals surface area (Å²) in [6, 6.07) is 13.8. The molecule has 0 spiro atoms. The summed E-state index contributed by atoms with van der Waals surface area (Å²) < 4.78 is 31.8. The molecule has 0 bridgehead atoms. The van der Waals surface area contributed by atoms with E-state index in [1.54, 1.807) is 63.2 Å². The Balaban J connectivity index is 2.68. The maximum absolute atomic E-state index is 12.6. The molecule has 0 aliphatic carbocycles. The highest BCUT2D eigenvalue weighted by molar-refractivity contribution is 7.92. The topological polar surface area (TPSA) is 63.7 Å². The van der Waals surface area contributed by atoms with E-state index in [1.807, 2.05) is 26.0 Å². The summed E-state index contributed by atoms with van der Waals surface area (Å²) in [6.07, 6.45) is 3.03. The molecule has 0 N–H and O–H groups in total. The molecule has 0 atom stereocenters. The molecular formula is C22H27NO4S. The van der Waals surface area contributed by atoms with E-state index in [4.69, 9.17) is 4.74 Å². The molecule has 0 unspecified atom stereocenters. The summed E-state index contributed by atoms with van der Waals surface area (Å²) in [7, 11) is -3.63. The van der Waals surface area contributed by atoms with Gasteiger partial charge < -0.3 is 4.74 Å². The van der Waals surface area contributed by atoms with Gasteiger partial charge in [-0.3, -0.25) is 0 Å². The Bertz CT molecular complexity index is 983. The monoisotopic (exact) mass is 401 g/mol. The molecule has 6 heteroatoms. The third kappa shape index (κ3) is 5.96. The normalized spacial score (nSPS) is 11.6. The number of carbonyl (C=O) groups is 1. The van der Waals surface area contributed by atoms with E-state index in [1.165, 1.54) is 4.31 Å². The van der Waals surface area contributed by atoms with Crippen LogP contribution >= 0.6 is 0 Å². The number of hydrogen-bond donors (Lipinski definition) is 0. The highest BCUT2D eigenvalue weighted by atomic mass is 32.2. The zero-order chi connectivity index (χ0) is 21.1. The van der Waals surface area contributed by atoms with Crippen LogP contribution in [0.2, 0.25) is 0 Å². The van der Waals surface area contributed by atoms with Gasteiger partial charge in [0.15, 0.2) is 0 Å². The van der Waals surface area contributed by atoms with Gasteiger partial charge >= 0.3 is 5.97 Å². The van der Waals surface area contributed by atoms with Gasteiger partial charge in [0.2, 0.25) is 10.0 Å². The lowest BCUT2D eigenvalue weighted by molar-refractivity contribution is 0.00695. The van der Waals surface area contributed by atoms with Crippen LogP contribution in [0.15, 0.2) is 54.1 Å². The van der Waals surface area contributed by atoms with Gasteiger partial charge in [-0.15, -0.1) is 0 Å². The smallest absolute Gasteiger partial charge is 0.338 e. The zero-order valence-corrected chi connectivity index (χ0v) is 18.0. The van der Waals surface area contributed by atoms with Crippen LogP contribution in [0.1, 0.15) is 50.5 Å². The molecule has 150 valence electrons. The van der Waals surface area contributed by atoms with E-state index in [0.29, 0.717) is 16.9 Å². The van der Waals surface area contributed by atoms with Crippen molar-refractivity contribution in [3.05, 3.63) is 65.2 Å². The van der Waals surface area contributed by atoms with Crippen LogP contribution in [0, 0.1) is 0 Å². The molecule has 0 fully saturated rings. The lowest BCUT2D eigenvalue weighted by Crippen LogP contribution is -2.26. The van der Waals surface area contributed by atoms with Crippen LogP contribution < -0.4 is 4.31 Å². The minimum absolute atomic E-state index is 0.296. The summed E-state index contributed by atoms with van der Waals surface area (Å²) in [5.74, 6) is -0.501. The number of hydrogen-bond acceptors (Lipinski definition) is 4. The number of carbonyl (C=O) groups excluding carboxylic acids is 1. The van der Waals surface area contributed by atoms with Crippen LogP contribution in [0.4, 0.5) is 11.4 Å². The SMILES string of the molecule is CC(C)=Cc1cc(C(=O)OC(C)(C)C)cc(N(c2ccccc2)S(C)(=O)=O)c1. The predicted octanol–water partition coefficient (Wildman–Crippen LogP) is 5.16. The van der Waals surface area contributed by atoms with Crippen molar-refractivity contribution in [1.82, 2.24) is 0 Å². The van der Waals surface area contributed by atoms with E-state index in [-0.39, 0.29) is 0 Å². The van der Waals surface area contributed by atoms with Crippen molar-refractivity contribution >= 4 is 33.4 Å². The molecule has 0 heterocycles. The summed E-state index contributed by atoms with van der Waals surface area (Å²) >= 11 is 0. The molecule has 0 aliphatic heterocycles. The molecule has 0 saturated heterocycles. The zero-order valence-electron chi connectivity index (χ0n) is 17.2. The number of benzene rings is 2. The minimum atomic E-state index is -3.63. The molecule has 0 aliphatic rings. The summed E-state index contributed by atoms with van der Waals surface area (Å²) in [6.45, 7) is 9.24. The molecule has 28 heavy (non-hydrogen) atoms. The number of ether oxygens (including phenoxy) is 1. The number of rotatable bonds is 5. The Morgan fingerprint density at radius 1 is 1.00 bits per heavy atom. The van der Waals surface area contributed by atoms with E-state index in [2.05, 4.69) is 0 Å². The van der Waals surface area contributed by atoms with Gasteiger partial charge in [0.25, 0.3) is 0 Å². The molecule has 2 aromatic rings. The fourth-order valence-electron chi connectivity index (χ4n) is 2.72. The van der Waals surface area contributed by atoms with E-state index in [9.17, 15) is 13.2 Å². The second-order valence-electron chi connectivity index (χ2n) is 7.90. The standard InChI is InChI=1S/C22H27NO4S/c1-16(2)12-17-13-18(21(24)27-22(3,4)5)15-20(14-17)23(28(6,25)26)19-10-8-7-9-11-19/h7-15H,1-6H3. The van der Waals surface area contributed by atoms with Crippen molar-refractivity contribution in [2.45, 2.75) is 40.2 Å². The quantitative estimate of drug-likeness (QED) is 0.649. The summed E-state index contributed by atoms with van der Waals surface area (Å²) in [4.78, 5) is 12.6. The van der Waals surface area contributed by atoms with Crippen LogP contribution in [-0.4, -0.2) is 26.2 Å². The molecular weight excluding hydrogens is 374 g/mol. The first-order valence-electron chi connectivity index (χ1n) is 8.95. The first kappa shape index (κ1) is 21.7. The Kier molecular flexibility index (Phi) is 6.34. The van der Waals surface area contributed by atoms with E-state index < -0.39 is 21.6 Å². The van der Waals surface area contributed by atoms with Gasteiger partial charge in [-0.05, 0) is 70.5 Å². The Morgan fingerprint density at radius 3 is 2.11 bits per heavy atom. The van der Waals surface area contributed by atoms with Gasteiger partial charge in [-0.25, -0.2) is 17.5 Å². The maximum Gasteiger partial charge on any atom is 0.338 e. The summed E-state index contributed by atoms with van der Waals surface area (Å²) in [5.41, 5.74) is 2.27. The van der Waals surface area contributed by atoms with Crippen molar-refractivity contribution < 1.29 is 17.9 Å². The fourth-order valence-corrected chi connectivity index (χ4v) is 3.71. The van der Waals surface area contributed by atoms with Gasteiger partial charge in [0.05, 0.1) is 23.2 Å². The molecule has 0 radical (unpaired) electrons. The van der Waals surface area contributed by atoms with E-state index in [0.717, 1.165) is 17.4 Å². The second-order valence-corrected chi connectivity index (χ2v) is 9.73. The molecule has 0 saturated carbocycles. The Labute approximate surface area is 167 Å². The van der Waals surface area contributed by atoms with Gasteiger partial charge in [0.1, 0.15) is 5.60 Å². The number of esters is 1. The highest BCUT2D eigenvalue weighted by Gasteiger charge is 2.23. The average molecular weight is 402 g/mol. The van der Waals surface area contributed by atoms with Gasteiger partial charge in [-0.1, -0.05) is 29.8 Å². The van der Waals surface area contributed by atoms with Crippen LogP contribution in [0.25, 0.3) is 6.08 Å². The number of sulfonamides is 1. The molecule has 2 aromatic carbocycles. The van der Waals surface area contributed by atoms with Crippen LogP contribution in [-0.2, 0) is 14.8 Å². The number of nitrogens with zero attached hydrogens (tertiary/aromatic N) is 1. The molecule has 0 aromatic heterocycles. The van der Waals surface area contributed by atoms with Crippen LogP contribution in [0.3, 0.4) is 0 Å². The van der Waals surface area contributed by atoms with Gasteiger partial charge in [0, 0.05) is 0 Å². The second kappa shape index (κ2) is 8.19. The largest absolute Gasteiger partial charge is 0.456 e. The molecule has 2 rings (SSSR count). The van der Waals surface area contributed by atoms with Crippen molar-refractivity contribution in [2.24, 2.45) is 0 Å². The fraction of sp³-hybridized carbons (Fsp3) is 0.318. The molecule has 5 nitrogen and oxygen atoms in total.